The molecule has 0 fully saturated rings. The van der Waals surface area contributed by atoms with Gasteiger partial charge in [0, 0.05) is 24.5 Å². The van der Waals surface area contributed by atoms with Crippen LogP contribution in [-0.4, -0.2) is 63.7 Å². The lowest BCUT2D eigenvalue weighted by Gasteiger charge is -2.30. The van der Waals surface area contributed by atoms with Gasteiger partial charge >= 0.3 is 6.36 Å². The van der Waals surface area contributed by atoms with Gasteiger partial charge in [0.25, 0.3) is 5.91 Å². The monoisotopic (exact) mass is 491 g/mol. The van der Waals surface area contributed by atoms with Gasteiger partial charge in [-0.3, -0.25) is 24.4 Å². The number of alkyl halides is 3. The molecule has 0 bridgehead atoms. The van der Waals surface area contributed by atoms with E-state index in [9.17, 15) is 22.8 Å². The molecule has 5 rings (SSSR count). The van der Waals surface area contributed by atoms with Gasteiger partial charge in [0.1, 0.15) is 12.3 Å². The third-order valence-electron chi connectivity index (χ3n) is 5.15. The number of rotatable bonds is 5. The van der Waals surface area contributed by atoms with Crippen LogP contribution in [0.2, 0.25) is 0 Å². The van der Waals surface area contributed by atoms with Gasteiger partial charge in [-0.25, -0.2) is 9.97 Å². The van der Waals surface area contributed by atoms with Crippen LogP contribution in [-0.2, 0) is 11.3 Å². The number of carbonyl (C=O) groups excluding carboxylic acids is 2. The number of aliphatic imine (C=N–C) groups is 1. The fraction of sp³-hybridized carbons (Fsp3) is 0.250. The lowest BCUT2D eigenvalue weighted by Crippen LogP contribution is -2.48. The minimum absolute atomic E-state index is 0.152. The quantitative estimate of drug-likeness (QED) is 0.589. The molecule has 2 aromatic heterocycles. The first-order valence-corrected chi connectivity index (χ1v) is 10.8. The molecule has 2 amide bonds. The molecule has 1 aromatic carbocycles. The molecule has 0 saturated heterocycles. The SMILES string of the molecule is CN1C(=O)c2c(ncn2CC(=O)Nc2nc(-c3ccc(OC(F)(F)F)cc3)cs2)N2CCN=C12. The van der Waals surface area contributed by atoms with Crippen molar-refractivity contribution in [3.63, 3.8) is 0 Å². The summed E-state index contributed by atoms with van der Waals surface area (Å²) in [5.74, 6) is -0.0311. The number of fused-ring (bicyclic) bond motifs is 3. The number of hydrogen-bond donors (Lipinski definition) is 1. The summed E-state index contributed by atoms with van der Waals surface area (Å²) in [4.78, 5) is 41.6. The predicted octanol–water partition coefficient (Wildman–Crippen LogP) is 2.81. The van der Waals surface area contributed by atoms with E-state index in [1.54, 1.807) is 12.4 Å². The first-order chi connectivity index (χ1) is 16.2. The highest BCUT2D eigenvalue weighted by Gasteiger charge is 2.39. The molecule has 176 valence electrons. The number of ether oxygens (including phenoxy) is 1. The zero-order valence-corrected chi connectivity index (χ0v) is 18.4. The minimum atomic E-state index is -4.77. The van der Waals surface area contributed by atoms with Gasteiger partial charge in [-0.05, 0) is 24.3 Å². The number of anilines is 2. The fourth-order valence-corrected chi connectivity index (χ4v) is 4.42. The molecular weight excluding hydrogens is 475 g/mol. The average molecular weight is 491 g/mol. The van der Waals surface area contributed by atoms with Crippen molar-refractivity contribution < 1.29 is 27.5 Å². The van der Waals surface area contributed by atoms with Gasteiger partial charge in [-0.1, -0.05) is 0 Å². The Morgan fingerprint density at radius 2 is 2.03 bits per heavy atom. The maximum Gasteiger partial charge on any atom is 0.573 e. The van der Waals surface area contributed by atoms with Crippen LogP contribution in [0.4, 0.5) is 24.1 Å². The van der Waals surface area contributed by atoms with E-state index in [0.29, 0.717) is 46.9 Å². The number of halogens is 3. The number of hydrogen-bond acceptors (Lipinski definition) is 8. The van der Waals surface area contributed by atoms with Gasteiger partial charge in [0.2, 0.25) is 11.9 Å². The molecule has 14 heteroatoms. The van der Waals surface area contributed by atoms with E-state index in [0.717, 1.165) is 11.3 Å². The van der Waals surface area contributed by atoms with Gasteiger partial charge in [0.15, 0.2) is 16.6 Å². The number of amides is 2. The highest BCUT2D eigenvalue weighted by Crippen LogP contribution is 2.30. The summed E-state index contributed by atoms with van der Waals surface area (Å²) in [6.07, 6.45) is -3.33. The minimum Gasteiger partial charge on any atom is -0.406 e. The first kappa shape index (κ1) is 21.9. The van der Waals surface area contributed by atoms with E-state index in [1.165, 1.54) is 40.1 Å². The summed E-state index contributed by atoms with van der Waals surface area (Å²) in [6.45, 7) is 1.01. The number of carbonyl (C=O) groups is 2. The van der Waals surface area contributed by atoms with Crippen molar-refractivity contribution in [1.29, 1.82) is 0 Å². The molecule has 0 aliphatic carbocycles. The zero-order chi connectivity index (χ0) is 24.0. The standard InChI is InChI=1S/C20H16F3N7O3S/c1-28-17(32)15-16(30-7-6-24-19(28)30)25-10-29(15)8-14(31)27-18-26-13(9-34-18)11-2-4-12(5-3-11)33-20(21,22)23/h2-5,9-10H,6-8H2,1H3,(H,26,27,31). The molecule has 2 aliphatic rings. The molecule has 0 spiro atoms. The van der Waals surface area contributed by atoms with Crippen molar-refractivity contribution in [3.8, 4) is 17.0 Å². The van der Waals surface area contributed by atoms with Crippen LogP contribution < -0.4 is 15.0 Å². The number of thiazole rings is 1. The molecule has 0 unspecified atom stereocenters. The largest absolute Gasteiger partial charge is 0.573 e. The summed E-state index contributed by atoms with van der Waals surface area (Å²) >= 11 is 1.16. The van der Waals surface area contributed by atoms with Crippen LogP contribution in [0.15, 0.2) is 41.0 Å². The Bertz CT molecular complexity index is 1300. The van der Waals surface area contributed by atoms with Gasteiger partial charge in [0.05, 0.1) is 18.6 Å². The number of guanidine groups is 1. The molecular formula is C20H16F3N7O3S. The van der Waals surface area contributed by atoms with Crippen LogP contribution in [0.25, 0.3) is 11.3 Å². The molecule has 10 nitrogen and oxygen atoms in total. The van der Waals surface area contributed by atoms with Gasteiger partial charge in [-0.2, -0.15) is 0 Å². The Balaban J connectivity index is 1.27. The second-order valence-electron chi connectivity index (χ2n) is 7.40. The Morgan fingerprint density at radius 3 is 2.76 bits per heavy atom. The van der Waals surface area contributed by atoms with Gasteiger partial charge < -0.3 is 14.6 Å². The van der Waals surface area contributed by atoms with Crippen LogP contribution in [0.3, 0.4) is 0 Å². The molecule has 0 atom stereocenters. The smallest absolute Gasteiger partial charge is 0.406 e. The second-order valence-corrected chi connectivity index (χ2v) is 8.26. The van der Waals surface area contributed by atoms with E-state index in [1.807, 2.05) is 4.90 Å². The highest BCUT2D eigenvalue weighted by atomic mass is 32.1. The number of nitrogens with zero attached hydrogens (tertiary/aromatic N) is 6. The van der Waals surface area contributed by atoms with E-state index < -0.39 is 12.3 Å². The molecule has 4 heterocycles. The van der Waals surface area contributed by atoms with E-state index in [-0.39, 0.29) is 18.2 Å². The lowest BCUT2D eigenvalue weighted by molar-refractivity contribution is -0.274. The normalized spacial score (nSPS) is 15.2. The maximum absolute atomic E-state index is 12.8. The topological polar surface area (TPSA) is 105 Å². The predicted molar refractivity (Wildman–Crippen MR) is 117 cm³/mol. The molecule has 2 aliphatic heterocycles. The highest BCUT2D eigenvalue weighted by molar-refractivity contribution is 7.14. The van der Waals surface area contributed by atoms with Gasteiger partial charge in [-0.15, -0.1) is 24.5 Å². The summed E-state index contributed by atoms with van der Waals surface area (Å²) < 4.78 is 42.3. The number of aromatic nitrogens is 3. The van der Waals surface area contributed by atoms with Crippen molar-refractivity contribution in [1.82, 2.24) is 19.4 Å². The Morgan fingerprint density at radius 1 is 1.26 bits per heavy atom. The average Bonchev–Trinajstić information content (AvgIpc) is 3.51. The van der Waals surface area contributed by atoms with E-state index in [2.05, 4.69) is 25.0 Å². The van der Waals surface area contributed by atoms with Crippen molar-refractivity contribution in [2.75, 3.05) is 30.4 Å². The fourth-order valence-electron chi connectivity index (χ4n) is 3.69. The van der Waals surface area contributed by atoms with Crippen LogP contribution in [0, 0.1) is 0 Å². The van der Waals surface area contributed by atoms with Crippen LogP contribution in [0.5, 0.6) is 5.75 Å². The lowest BCUT2D eigenvalue weighted by atomic mass is 10.2. The number of benzene rings is 1. The molecule has 34 heavy (non-hydrogen) atoms. The zero-order valence-electron chi connectivity index (χ0n) is 17.5. The third-order valence-corrected chi connectivity index (χ3v) is 5.91. The molecule has 0 saturated carbocycles. The second kappa shape index (κ2) is 8.13. The Hall–Kier alpha value is -3.94. The molecule has 3 aromatic rings. The number of imidazole rings is 1. The van der Waals surface area contributed by atoms with Crippen LogP contribution in [0.1, 0.15) is 10.5 Å². The van der Waals surface area contributed by atoms with Crippen molar-refractivity contribution >= 4 is 40.1 Å². The van der Waals surface area contributed by atoms with Crippen molar-refractivity contribution in [2.24, 2.45) is 4.99 Å². The third kappa shape index (κ3) is 4.07. The number of nitrogens with one attached hydrogen (secondary N) is 1. The first-order valence-electron chi connectivity index (χ1n) is 9.96. The van der Waals surface area contributed by atoms with Crippen molar-refractivity contribution in [3.05, 3.63) is 41.7 Å². The Labute approximate surface area is 194 Å². The molecule has 0 radical (unpaired) electrons. The maximum atomic E-state index is 12.8. The molecule has 1 N–H and O–H groups in total. The van der Waals surface area contributed by atoms with E-state index >= 15 is 0 Å². The van der Waals surface area contributed by atoms with E-state index in [4.69, 9.17) is 0 Å². The summed E-state index contributed by atoms with van der Waals surface area (Å²) in [5, 5.41) is 4.65. The van der Waals surface area contributed by atoms with Crippen LogP contribution >= 0.6 is 11.3 Å². The Kier molecular flexibility index (Phi) is 5.23. The summed E-state index contributed by atoms with van der Waals surface area (Å²) in [6, 6.07) is 5.26. The summed E-state index contributed by atoms with van der Waals surface area (Å²) in [7, 11) is 1.62. The summed E-state index contributed by atoms with van der Waals surface area (Å²) in [5.41, 5.74) is 1.35. The van der Waals surface area contributed by atoms with Crippen molar-refractivity contribution in [2.45, 2.75) is 12.9 Å².